The maximum Gasteiger partial charge on any atom is 0.338 e. The monoisotopic (exact) mass is 415 g/mol. The zero-order chi connectivity index (χ0) is 21.4. The molecular weight excluding hydrogens is 394 g/mol. The van der Waals surface area contributed by atoms with Gasteiger partial charge in [-0.2, -0.15) is 5.26 Å². The molecule has 2 N–H and O–H groups in total. The van der Waals surface area contributed by atoms with E-state index in [0.29, 0.717) is 5.69 Å². The zero-order valence-electron chi connectivity index (χ0n) is 16.0. The van der Waals surface area contributed by atoms with Gasteiger partial charge in [-0.3, -0.25) is 4.79 Å². The number of hydrogen-bond donors (Lipinski definition) is 2. The van der Waals surface area contributed by atoms with Crippen molar-refractivity contribution >= 4 is 27.6 Å². The summed E-state index contributed by atoms with van der Waals surface area (Å²) >= 11 is 0. The predicted molar refractivity (Wildman–Crippen MR) is 107 cm³/mol. The lowest BCUT2D eigenvalue weighted by Crippen LogP contribution is -2.30. The minimum Gasteiger partial charge on any atom is -0.449 e. The van der Waals surface area contributed by atoms with Crippen molar-refractivity contribution in [2.45, 2.75) is 31.3 Å². The topological polar surface area (TPSA) is 125 Å². The maximum atomic E-state index is 12.2. The molecule has 0 saturated carbocycles. The SMILES string of the molecule is Cc1cccc(NC(=O)[C@@H](C)OC(=O)c2ccc(S(=O)(=O)NCCC#N)cc2)c1. The number of carbonyl (C=O) groups is 2. The molecule has 9 heteroatoms. The number of rotatable bonds is 8. The van der Waals surface area contributed by atoms with Crippen LogP contribution in [0.25, 0.3) is 0 Å². The van der Waals surface area contributed by atoms with E-state index in [0.717, 1.165) is 5.56 Å². The number of aryl methyl sites for hydroxylation is 1. The van der Waals surface area contributed by atoms with E-state index < -0.39 is 28.0 Å². The van der Waals surface area contributed by atoms with E-state index in [1.807, 2.05) is 19.1 Å². The van der Waals surface area contributed by atoms with E-state index in [-0.39, 0.29) is 23.4 Å². The first-order chi connectivity index (χ1) is 13.7. The number of nitriles is 1. The molecule has 0 aliphatic carbocycles. The molecule has 0 bridgehead atoms. The van der Waals surface area contributed by atoms with E-state index >= 15 is 0 Å². The van der Waals surface area contributed by atoms with Gasteiger partial charge in [0.2, 0.25) is 10.0 Å². The Balaban J connectivity index is 1.98. The quantitative estimate of drug-likeness (QED) is 0.504. The highest BCUT2D eigenvalue weighted by Crippen LogP contribution is 2.14. The van der Waals surface area contributed by atoms with Gasteiger partial charge in [0.1, 0.15) is 0 Å². The lowest BCUT2D eigenvalue weighted by molar-refractivity contribution is -0.123. The van der Waals surface area contributed by atoms with Crippen molar-refractivity contribution in [3.63, 3.8) is 0 Å². The zero-order valence-corrected chi connectivity index (χ0v) is 16.8. The molecule has 1 amide bonds. The van der Waals surface area contributed by atoms with Crippen LogP contribution in [0.2, 0.25) is 0 Å². The van der Waals surface area contributed by atoms with E-state index in [2.05, 4.69) is 10.0 Å². The number of carbonyl (C=O) groups excluding carboxylic acids is 2. The molecule has 2 rings (SSSR count). The summed E-state index contributed by atoms with van der Waals surface area (Å²) in [6.07, 6.45) is -0.995. The van der Waals surface area contributed by atoms with Gasteiger partial charge in [-0.15, -0.1) is 0 Å². The summed E-state index contributed by atoms with van der Waals surface area (Å²) < 4.78 is 31.6. The van der Waals surface area contributed by atoms with Gasteiger partial charge in [0, 0.05) is 18.7 Å². The fraction of sp³-hybridized carbons (Fsp3) is 0.250. The third kappa shape index (κ3) is 6.41. The molecule has 0 fully saturated rings. The number of amides is 1. The van der Waals surface area contributed by atoms with E-state index in [4.69, 9.17) is 10.00 Å². The maximum absolute atomic E-state index is 12.2. The minimum absolute atomic E-state index is 0.00378. The molecule has 0 aliphatic rings. The van der Waals surface area contributed by atoms with Crippen LogP contribution in [0.5, 0.6) is 0 Å². The normalized spacial score (nSPS) is 11.9. The van der Waals surface area contributed by atoms with Crippen LogP contribution in [0.15, 0.2) is 53.4 Å². The molecular formula is C20H21N3O5S. The first-order valence-corrected chi connectivity index (χ1v) is 10.3. The van der Waals surface area contributed by atoms with Crippen LogP contribution >= 0.6 is 0 Å². The van der Waals surface area contributed by atoms with Crippen molar-refractivity contribution in [3.05, 3.63) is 59.7 Å². The summed E-state index contributed by atoms with van der Waals surface area (Å²) in [5, 5.41) is 11.1. The number of esters is 1. The predicted octanol–water partition coefficient (Wildman–Crippen LogP) is 2.37. The number of nitrogens with zero attached hydrogens (tertiary/aromatic N) is 1. The van der Waals surface area contributed by atoms with Crippen LogP contribution in [0.3, 0.4) is 0 Å². The van der Waals surface area contributed by atoms with Crippen molar-refractivity contribution in [1.29, 1.82) is 5.26 Å². The second-order valence-corrected chi connectivity index (χ2v) is 8.00. The highest BCUT2D eigenvalue weighted by atomic mass is 32.2. The Morgan fingerprint density at radius 3 is 2.48 bits per heavy atom. The fourth-order valence-electron chi connectivity index (χ4n) is 2.34. The van der Waals surface area contributed by atoms with Gasteiger partial charge in [0.05, 0.1) is 16.5 Å². The Morgan fingerprint density at radius 1 is 1.17 bits per heavy atom. The Morgan fingerprint density at radius 2 is 1.86 bits per heavy atom. The average Bonchev–Trinajstić information content (AvgIpc) is 2.68. The fourth-order valence-corrected chi connectivity index (χ4v) is 3.38. The first-order valence-electron chi connectivity index (χ1n) is 8.78. The highest BCUT2D eigenvalue weighted by Gasteiger charge is 2.20. The molecule has 0 spiro atoms. The molecule has 0 radical (unpaired) electrons. The van der Waals surface area contributed by atoms with E-state index in [1.54, 1.807) is 18.2 Å². The standard InChI is InChI=1S/C20H21N3O5S/c1-14-5-3-6-17(13-14)23-19(24)15(2)28-20(25)16-7-9-18(10-8-16)29(26,27)22-12-4-11-21/h3,5-10,13,15,22H,4,12H2,1-2H3,(H,23,24)/t15-/m1/s1. The molecule has 0 aliphatic heterocycles. The minimum atomic E-state index is -3.77. The summed E-state index contributed by atoms with van der Waals surface area (Å²) in [4.78, 5) is 24.4. The molecule has 0 unspecified atom stereocenters. The van der Waals surface area contributed by atoms with Gasteiger partial charge >= 0.3 is 5.97 Å². The Labute approximate surface area is 169 Å². The van der Waals surface area contributed by atoms with Crippen LogP contribution in [0.1, 0.15) is 29.3 Å². The van der Waals surface area contributed by atoms with E-state index in [9.17, 15) is 18.0 Å². The Bertz CT molecular complexity index is 1030. The molecule has 0 heterocycles. The van der Waals surface area contributed by atoms with Gasteiger partial charge in [0.15, 0.2) is 6.10 Å². The number of anilines is 1. The van der Waals surface area contributed by atoms with Crippen molar-refractivity contribution in [2.75, 3.05) is 11.9 Å². The molecule has 2 aromatic carbocycles. The van der Waals surface area contributed by atoms with Crippen LogP contribution in [-0.4, -0.2) is 32.9 Å². The second kappa shape index (κ2) is 9.82. The van der Waals surface area contributed by atoms with Crippen molar-refractivity contribution in [1.82, 2.24) is 4.72 Å². The van der Waals surface area contributed by atoms with Gasteiger partial charge < -0.3 is 10.1 Å². The molecule has 8 nitrogen and oxygen atoms in total. The molecule has 0 saturated heterocycles. The summed E-state index contributed by atoms with van der Waals surface area (Å²) in [7, 11) is -3.77. The van der Waals surface area contributed by atoms with Gasteiger partial charge in [-0.1, -0.05) is 12.1 Å². The summed E-state index contributed by atoms with van der Waals surface area (Å²) in [6, 6.07) is 14.1. The lowest BCUT2D eigenvalue weighted by atomic mass is 10.2. The van der Waals surface area contributed by atoms with Gasteiger partial charge in [0.25, 0.3) is 5.91 Å². The van der Waals surface area contributed by atoms with Gasteiger partial charge in [-0.05, 0) is 55.8 Å². The second-order valence-electron chi connectivity index (χ2n) is 6.24. The van der Waals surface area contributed by atoms with Crippen LogP contribution in [-0.2, 0) is 19.6 Å². The summed E-state index contributed by atoms with van der Waals surface area (Å²) in [5.41, 5.74) is 1.68. The molecule has 0 aromatic heterocycles. The third-order valence-electron chi connectivity index (χ3n) is 3.87. The smallest absolute Gasteiger partial charge is 0.338 e. The largest absolute Gasteiger partial charge is 0.449 e. The third-order valence-corrected chi connectivity index (χ3v) is 5.34. The Kier molecular flexibility index (Phi) is 7.47. The molecule has 1 atom stereocenters. The average molecular weight is 415 g/mol. The summed E-state index contributed by atoms with van der Waals surface area (Å²) in [6.45, 7) is 3.33. The van der Waals surface area contributed by atoms with Crippen LogP contribution in [0.4, 0.5) is 5.69 Å². The number of nitrogens with one attached hydrogen (secondary N) is 2. The van der Waals surface area contributed by atoms with Gasteiger partial charge in [-0.25, -0.2) is 17.9 Å². The first kappa shape index (κ1) is 22.1. The van der Waals surface area contributed by atoms with Crippen molar-refractivity contribution in [2.24, 2.45) is 0 Å². The number of benzene rings is 2. The van der Waals surface area contributed by atoms with Crippen molar-refractivity contribution < 1.29 is 22.7 Å². The highest BCUT2D eigenvalue weighted by molar-refractivity contribution is 7.89. The lowest BCUT2D eigenvalue weighted by Gasteiger charge is -2.14. The van der Waals surface area contributed by atoms with Crippen molar-refractivity contribution in [3.8, 4) is 6.07 Å². The molecule has 152 valence electrons. The van der Waals surface area contributed by atoms with Crippen LogP contribution < -0.4 is 10.0 Å². The number of hydrogen-bond acceptors (Lipinski definition) is 6. The Hall–Kier alpha value is -3.22. The molecule has 29 heavy (non-hydrogen) atoms. The number of ether oxygens (including phenoxy) is 1. The summed E-state index contributed by atoms with van der Waals surface area (Å²) in [5.74, 6) is -1.23. The number of sulfonamides is 1. The van der Waals surface area contributed by atoms with Crippen LogP contribution in [0, 0.1) is 18.3 Å². The van der Waals surface area contributed by atoms with E-state index in [1.165, 1.54) is 31.2 Å². The molecule has 2 aromatic rings.